The van der Waals surface area contributed by atoms with Gasteiger partial charge in [-0.05, 0) is 30.2 Å². The van der Waals surface area contributed by atoms with Crippen LogP contribution >= 0.6 is 0 Å². The Balaban J connectivity index is 1.78. The summed E-state index contributed by atoms with van der Waals surface area (Å²) in [5, 5.41) is 4.51. The van der Waals surface area contributed by atoms with E-state index in [-0.39, 0.29) is 23.9 Å². The van der Waals surface area contributed by atoms with Gasteiger partial charge in [-0.3, -0.25) is 13.9 Å². The van der Waals surface area contributed by atoms with E-state index < -0.39 is 5.69 Å². The minimum Gasteiger partial charge on any atom is -0.497 e. The highest BCUT2D eigenvalue weighted by atomic mass is 16.5. The van der Waals surface area contributed by atoms with Crippen LogP contribution in [0.5, 0.6) is 11.5 Å². The Morgan fingerprint density at radius 3 is 2.34 bits per heavy atom. The molecule has 4 rings (SSSR count). The molecule has 0 radical (unpaired) electrons. The van der Waals surface area contributed by atoms with Crippen LogP contribution in [0, 0.1) is 5.92 Å². The van der Waals surface area contributed by atoms with Gasteiger partial charge >= 0.3 is 5.69 Å². The van der Waals surface area contributed by atoms with Crippen molar-refractivity contribution >= 4 is 10.9 Å². The molecule has 2 aromatic heterocycles. The van der Waals surface area contributed by atoms with Crippen molar-refractivity contribution in [2.75, 3.05) is 14.2 Å². The summed E-state index contributed by atoms with van der Waals surface area (Å²) in [4.78, 5) is 30.5. The summed E-state index contributed by atoms with van der Waals surface area (Å²) >= 11 is 0. The molecule has 0 N–H and O–H groups in total. The van der Waals surface area contributed by atoms with Crippen LogP contribution in [0.3, 0.4) is 0 Å². The summed E-state index contributed by atoms with van der Waals surface area (Å²) in [5.41, 5.74) is 0.457. The molecule has 32 heavy (non-hydrogen) atoms. The van der Waals surface area contributed by atoms with Crippen molar-refractivity contribution in [1.29, 1.82) is 0 Å². The van der Waals surface area contributed by atoms with Crippen LogP contribution in [0.1, 0.15) is 19.7 Å². The minimum absolute atomic E-state index is 0.0336. The summed E-state index contributed by atoms with van der Waals surface area (Å²) < 4.78 is 18.8. The van der Waals surface area contributed by atoms with Gasteiger partial charge in [0.1, 0.15) is 18.0 Å². The first-order chi connectivity index (χ1) is 15.4. The number of fused-ring (bicyclic) bond motifs is 1. The van der Waals surface area contributed by atoms with Crippen molar-refractivity contribution in [3.63, 3.8) is 0 Å². The quantitative estimate of drug-likeness (QED) is 0.439. The predicted octanol–water partition coefficient (Wildman–Crippen LogP) is 2.93. The third kappa shape index (κ3) is 4.01. The predicted molar refractivity (Wildman–Crippen MR) is 119 cm³/mol. The molecule has 2 heterocycles. The topological polar surface area (TPSA) is 101 Å². The van der Waals surface area contributed by atoms with Gasteiger partial charge in [-0.2, -0.15) is 4.98 Å². The molecule has 0 saturated heterocycles. The van der Waals surface area contributed by atoms with Crippen LogP contribution < -0.4 is 20.7 Å². The van der Waals surface area contributed by atoms with Gasteiger partial charge in [0.05, 0.1) is 25.1 Å². The van der Waals surface area contributed by atoms with E-state index in [1.165, 1.54) is 9.13 Å². The van der Waals surface area contributed by atoms with E-state index >= 15 is 0 Å². The zero-order valence-corrected chi connectivity index (χ0v) is 18.4. The van der Waals surface area contributed by atoms with Gasteiger partial charge in [-0.1, -0.05) is 31.1 Å². The van der Waals surface area contributed by atoms with Gasteiger partial charge in [-0.15, -0.1) is 0 Å². The van der Waals surface area contributed by atoms with Crippen LogP contribution in [-0.4, -0.2) is 33.5 Å². The number of rotatable bonds is 7. The highest BCUT2D eigenvalue weighted by Crippen LogP contribution is 2.28. The van der Waals surface area contributed by atoms with Crippen molar-refractivity contribution in [1.82, 2.24) is 19.3 Å². The number of aromatic nitrogens is 4. The lowest BCUT2D eigenvalue weighted by Crippen LogP contribution is -2.41. The van der Waals surface area contributed by atoms with Crippen LogP contribution in [0.4, 0.5) is 0 Å². The Hall–Kier alpha value is -3.88. The number of para-hydroxylation sites is 1. The Morgan fingerprint density at radius 1 is 1.00 bits per heavy atom. The Bertz CT molecular complexity index is 1360. The maximum Gasteiger partial charge on any atom is 0.331 e. The smallest absolute Gasteiger partial charge is 0.331 e. The fraction of sp³-hybridized carbons (Fsp3) is 0.304. The lowest BCUT2D eigenvalue weighted by Gasteiger charge is -2.14. The van der Waals surface area contributed by atoms with Crippen molar-refractivity contribution in [2.45, 2.75) is 26.9 Å². The zero-order valence-electron chi connectivity index (χ0n) is 18.4. The number of hydrogen-bond acceptors (Lipinski definition) is 7. The van der Waals surface area contributed by atoms with Crippen molar-refractivity contribution in [3.8, 4) is 22.9 Å². The highest BCUT2D eigenvalue weighted by Gasteiger charge is 2.17. The largest absolute Gasteiger partial charge is 0.497 e. The molecule has 0 unspecified atom stereocenters. The monoisotopic (exact) mass is 436 g/mol. The normalized spacial score (nSPS) is 11.3. The summed E-state index contributed by atoms with van der Waals surface area (Å²) in [6.07, 6.45) is 0. The average Bonchev–Trinajstić information content (AvgIpc) is 3.27. The maximum atomic E-state index is 13.2. The molecule has 166 valence electrons. The number of methoxy groups -OCH3 is 2. The number of benzene rings is 2. The molecule has 9 nitrogen and oxygen atoms in total. The number of hydrogen-bond donors (Lipinski definition) is 0. The Labute approximate surface area is 183 Å². The third-order valence-electron chi connectivity index (χ3n) is 5.05. The molecular formula is C23H24N4O5. The first-order valence-corrected chi connectivity index (χ1v) is 10.2. The second kappa shape index (κ2) is 8.70. The second-order valence-electron chi connectivity index (χ2n) is 7.81. The van der Waals surface area contributed by atoms with Crippen molar-refractivity contribution in [2.24, 2.45) is 5.92 Å². The molecular weight excluding hydrogens is 412 g/mol. The van der Waals surface area contributed by atoms with Crippen molar-refractivity contribution in [3.05, 3.63) is 69.2 Å². The lowest BCUT2D eigenvalue weighted by molar-refractivity contribution is 0.367. The van der Waals surface area contributed by atoms with Crippen LogP contribution in [0.25, 0.3) is 22.3 Å². The molecule has 0 aliphatic rings. The summed E-state index contributed by atoms with van der Waals surface area (Å²) in [6, 6.07) is 12.3. The second-order valence-corrected chi connectivity index (χ2v) is 7.81. The molecule has 2 aromatic carbocycles. The van der Waals surface area contributed by atoms with E-state index in [1.54, 1.807) is 56.7 Å². The molecule has 0 bridgehead atoms. The fourth-order valence-electron chi connectivity index (χ4n) is 3.56. The van der Waals surface area contributed by atoms with E-state index in [9.17, 15) is 9.59 Å². The van der Waals surface area contributed by atoms with Gasteiger partial charge in [-0.25, -0.2) is 4.79 Å². The van der Waals surface area contributed by atoms with E-state index in [4.69, 9.17) is 14.0 Å². The molecule has 0 spiro atoms. The van der Waals surface area contributed by atoms with E-state index in [1.807, 2.05) is 13.8 Å². The Kier molecular flexibility index (Phi) is 5.81. The molecule has 0 atom stereocenters. The van der Waals surface area contributed by atoms with Gasteiger partial charge < -0.3 is 14.0 Å². The lowest BCUT2D eigenvalue weighted by atomic mass is 10.2. The van der Waals surface area contributed by atoms with Crippen LogP contribution in [0.2, 0.25) is 0 Å². The van der Waals surface area contributed by atoms with Gasteiger partial charge in [0.2, 0.25) is 11.7 Å². The zero-order chi connectivity index (χ0) is 22.8. The number of ether oxygens (including phenoxy) is 2. The summed E-state index contributed by atoms with van der Waals surface area (Å²) in [5.74, 6) is 1.89. The molecule has 0 fully saturated rings. The molecule has 0 amide bonds. The van der Waals surface area contributed by atoms with E-state index in [0.717, 1.165) is 0 Å². The first kappa shape index (κ1) is 21.4. The minimum atomic E-state index is -0.412. The molecule has 0 aliphatic heterocycles. The molecule has 0 saturated carbocycles. The average molecular weight is 436 g/mol. The highest BCUT2D eigenvalue weighted by molar-refractivity contribution is 5.77. The fourth-order valence-corrected chi connectivity index (χ4v) is 3.56. The standard InChI is InChI=1S/C23H24N4O5/c1-14(2)12-27-22(28)18-7-5-6-8-19(18)26(23(27)29)13-20-24-21(25-32-20)15-9-16(30-3)11-17(10-15)31-4/h5-11,14H,12-13H2,1-4H3. The molecule has 9 heteroatoms. The first-order valence-electron chi connectivity index (χ1n) is 10.2. The molecule has 4 aromatic rings. The number of nitrogens with zero attached hydrogens (tertiary/aromatic N) is 4. The van der Waals surface area contributed by atoms with Crippen LogP contribution in [-0.2, 0) is 13.1 Å². The molecule has 0 aliphatic carbocycles. The van der Waals surface area contributed by atoms with Gasteiger partial charge in [0.25, 0.3) is 5.56 Å². The SMILES string of the molecule is COc1cc(OC)cc(-c2noc(Cn3c(=O)n(CC(C)C)c(=O)c4ccccc43)n2)c1. The van der Waals surface area contributed by atoms with Gasteiger partial charge in [0.15, 0.2) is 0 Å². The van der Waals surface area contributed by atoms with E-state index in [0.29, 0.717) is 40.3 Å². The summed E-state index contributed by atoms with van der Waals surface area (Å²) in [6.45, 7) is 4.27. The third-order valence-corrected chi connectivity index (χ3v) is 5.05. The maximum absolute atomic E-state index is 13.2. The van der Waals surface area contributed by atoms with Gasteiger partial charge in [0, 0.05) is 18.2 Å². The Morgan fingerprint density at radius 2 is 1.69 bits per heavy atom. The van der Waals surface area contributed by atoms with Crippen LogP contribution in [0.15, 0.2) is 56.6 Å². The van der Waals surface area contributed by atoms with E-state index in [2.05, 4.69) is 10.1 Å². The van der Waals surface area contributed by atoms with Crippen molar-refractivity contribution < 1.29 is 14.0 Å². The summed E-state index contributed by atoms with van der Waals surface area (Å²) in [7, 11) is 3.12.